The molecule has 2 N–H and O–H groups in total. The Labute approximate surface area is 206 Å². The van der Waals surface area contributed by atoms with Gasteiger partial charge in [-0.15, -0.1) is 5.10 Å². The van der Waals surface area contributed by atoms with Gasteiger partial charge in [-0.25, -0.2) is 23.7 Å². The van der Waals surface area contributed by atoms with E-state index in [9.17, 15) is 14.0 Å². The maximum Gasteiger partial charge on any atom is 0.161 e. The molecule has 7 nitrogen and oxygen atoms in total. The van der Waals surface area contributed by atoms with E-state index in [1.165, 1.54) is 18.2 Å². The van der Waals surface area contributed by atoms with E-state index in [0.29, 0.717) is 11.4 Å². The minimum Gasteiger partial charge on any atom is -0.383 e. The molecular weight excluding hydrogens is 460 g/mol. The van der Waals surface area contributed by atoms with E-state index in [1.54, 1.807) is 24.5 Å². The number of rotatable bonds is 3. The van der Waals surface area contributed by atoms with Crippen LogP contribution < -0.4 is 5.73 Å². The van der Waals surface area contributed by atoms with E-state index in [1.807, 2.05) is 12.1 Å². The number of nitrogens with zero attached hydrogens (tertiary/aromatic N) is 6. The molecule has 36 heavy (non-hydrogen) atoms. The summed E-state index contributed by atoms with van der Waals surface area (Å²) in [5.74, 6) is -0.640. The molecule has 2 atom stereocenters. The van der Waals surface area contributed by atoms with Crippen LogP contribution in [0.5, 0.6) is 0 Å². The summed E-state index contributed by atoms with van der Waals surface area (Å²) in [5.41, 5.74) is 8.31. The number of anilines is 1. The van der Waals surface area contributed by atoms with E-state index in [4.69, 9.17) is 10.7 Å². The zero-order chi connectivity index (χ0) is 25.2. The van der Waals surface area contributed by atoms with Crippen LogP contribution in [-0.4, -0.2) is 25.1 Å². The Bertz CT molecular complexity index is 1570. The summed E-state index contributed by atoms with van der Waals surface area (Å²) < 4.78 is 29.0. The number of nitriles is 1. The number of halogens is 2. The van der Waals surface area contributed by atoms with Gasteiger partial charge < -0.3 is 5.73 Å². The maximum absolute atomic E-state index is 14.5. The Kier molecular flexibility index (Phi) is 4.67. The third-order valence-corrected chi connectivity index (χ3v) is 7.99. The highest BCUT2D eigenvalue weighted by molar-refractivity contribution is 5.65. The molecule has 0 spiro atoms. The minimum atomic E-state index is -0.671. The predicted octanol–water partition coefficient (Wildman–Crippen LogP) is 4.93. The second-order valence-corrected chi connectivity index (χ2v) is 9.88. The zero-order valence-corrected chi connectivity index (χ0v) is 19.6. The van der Waals surface area contributed by atoms with Crippen molar-refractivity contribution in [1.29, 1.82) is 5.26 Å². The number of fused-ring (bicyclic) bond motifs is 5. The van der Waals surface area contributed by atoms with Crippen LogP contribution in [0.25, 0.3) is 22.6 Å². The fourth-order valence-corrected chi connectivity index (χ4v) is 6.18. The molecule has 3 aromatic heterocycles. The maximum atomic E-state index is 14.5. The van der Waals surface area contributed by atoms with Gasteiger partial charge in [0.25, 0.3) is 0 Å². The highest BCUT2D eigenvalue weighted by atomic mass is 19.1. The quantitative estimate of drug-likeness (QED) is 0.441. The van der Waals surface area contributed by atoms with Gasteiger partial charge >= 0.3 is 0 Å². The van der Waals surface area contributed by atoms with Crippen LogP contribution in [0, 0.1) is 28.4 Å². The number of benzene rings is 1. The van der Waals surface area contributed by atoms with Crippen LogP contribution in [0.15, 0.2) is 48.8 Å². The minimum absolute atomic E-state index is 0.124. The first-order valence-electron chi connectivity index (χ1n) is 11.6. The summed E-state index contributed by atoms with van der Waals surface area (Å²) in [6, 6.07) is 11.1. The number of nitrogen functional groups attached to an aromatic ring is 1. The van der Waals surface area contributed by atoms with Crippen molar-refractivity contribution in [2.24, 2.45) is 5.41 Å². The van der Waals surface area contributed by atoms with Gasteiger partial charge in [0.2, 0.25) is 0 Å². The summed E-state index contributed by atoms with van der Waals surface area (Å²) in [6.45, 7) is 4.35. The average Bonchev–Trinajstić information content (AvgIpc) is 3.25. The fourth-order valence-electron chi connectivity index (χ4n) is 6.18. The lowest BCUT2D eigenvalue weighted by molar-refractivity contribution is 0.243. The number of aromatic nitrogens is 5. The number of nitrogens with two attached hydrogens (primary N) is 1. The van der Waals surface area contributed by atoms with Crippen molar-refractivity contribution < 1.29 is 8.78 Å². The third-order valence-electron chi connectivity index (χ3n) is 7.99. The molecule has 6 rings (SSSR count). The van der Waals surface area contributed by atoms with Gasteiger partial charge in [-0.1, -0.05) is 19.9 Å². The van der Waals surface area contributed by atoms with Gasteiger partial charge in [-0.3, -0.25) is 0 Å². The van der Waals surface area contributed by atoms with Crippen molar-refractivity contribution in [3.05, 3.63) is 82.9 Å². The topological polar surface area (TPSA) is 114 Å². The van der Waals surface area contributed by atoms with Crippen molar-refractivity contribution in [2.45, 2.75) is 38.0 Å². The molecule has 0 radical (unpaired) electrons. The molecule has 178 valence electrons. The first-order chi connectivity index (χ1) is 17.3. The first-order valence-corrected chi connectivity index (χ1v) is 11.6. The Morgan fingerprint density at radius 3 is 2.61 bits per heavy atom. The van der Waals surface area contributed by atoms with Crippen LogP contribution >= 0.6 is 0 Å². The van der Waals surface area contributed by atoms with Gasteiger partial charge in [0.1, 0.15) is 23.5 Å². The van der Waals surface area contributed by atoms with Crippen molar-refractivity contribution in [3.8, 4) is 28.7 Å². The van der Waals surface area contributed by atoms with E-state index < -0.39 is 17.0 Å². The van der Waals surface area contributed by atoms with Gasteiger partial charge in [-0.05, 0) is 60.1 Å². The van der Waals surface area contributed by atoms with Gasteiger partial charge in [0, 0.05) is 18.0 Å². The lowest BCUT2D eigenvalue weighted by Gasteiger charge is -2.37. The predicted molar refractivity (Wildman–Crippen MR) is 128 cm³/mol. The Morgan fingerprint density at radius 1 is 1.08 bits per heavy atom. The molecule has 2 aliphatic carbocycles. The van der Waals surface area contributed by atoms with Crippen LogP contribution in [0.2, 0.25) is 0 Å². The normalized spacial score (nSPS) is 21.2. The third kappa shape index (κ3) is 2.84. The molecule has 0 saturated heterocycles. The van der Waals surface area contributed by atoms with Gasteiger partial charge in [0.15, 0.2) is 5.82 Å². The highest BCUT2D eigenvalue weighted by Gasteiger charge is 2.65. The smallest absolute Gasteiger partial charge is 0.161 e. The number of hydrogen-bond acceptors (Lipinski definition) is 7. The Hall–Kier alpha value is -4.32. The summed E-state index contributed by atoms with van der Waals surface area (Å²) in [6.07, 6.45) is 4.92. The molecule has 4 aromatic rings. The lowest BCUT2D eigenvalue weighted by atomic mass is 9.66. The monoisotopic (exact) mass is 481 g/mol. The number of pyridine rings is 1. The molecule has 3 heterocycles. The Balaban J connectivity index is 1.51. The molecule has 0 amide bonds. The molecule has 0 aliphatic heterocycles. The van der Waals surface area contributed by atoms with Crippen molar-refractivity contribution in [1.82, 2.24) is 25.1 Å². The molecular formula is C27H21F2N7. The summed E-state index contributed by atoms with van der Waals surface area (Å²) >= 11 is 0. The second-order valence-electron chi connectivity index (χ2n) is 9.88. The van der Waals surface area contributed by atoms with Crippen LogP contribution in [-0.2, 0) is 5.41 Å². The first kappa shape index (κ1) is 22.2. The SMILES string of the molecule is CC1(C)C2CCC1(c1ccnc(-c3cnc(N)c(C#N)c3)n1)c1nnc(-c3c(F)cccc3F)cc12. The average molecular weight is 482 g/mol. The lowest BCUT2D eigenvalue weighted by Crippen LogP contribution is -2.38. The summed E-state index contributed by atoms with van der Waals surface area (Å²) in [4.78, 5) is 13.4. The zero-order valence-electron chi connectivity index (χ0n) is 19.6. The molecule has 2 bridgehead atoms. The summed E-state index contributed by atoms with van der Waals surface area (Å²) in [5, 5.41) is 18.2. The largest absolute Gasteiger partial charge is 0.383 e. The van der Waals surface area contributed by atoms with E-state index in [0.717, 1.165) is 29.8 Å². The highest BCUT2D eigenvalue weighted by Crippen LogP contribution is 2.69. The van der Waals surface area contributed by atoms with Crippen LogP contribution in [0.3, 0.4) is 0 Å². The van der Waals surface area contributed by atoms with Gasteiger partial charge in [-0.2, -0.15) is 10.4 Å². The molecule has 2 aliphatic rings. The van der Waals surface area contributed by atoms with Crippen molar-refractivity contribution in [2.75, 3.05) is 5.73 Å². The Morgan fingerprint density at radius 2 is 1.86 bits per heavy atom. The van der Waals surface area contributed by atoms with Crippen molar-refractivity contribution >= 4 is 5.82 Å². The molecule has 1 aromatic carbocycles. The molecule has 2 unspecified atom stereocenters. The van der Waals surface area contributed by atoms with Crippen LogP contribution in [0.1, 0.15) is 55.1 Å². The van der Waals surface area contributed by atoms with Crippen LogP contribution in [0.4, 0.5) is 14.6 Å². The van der Waals surface area contributed by atoms with E-state index in [2.05, 4.69) is 34.0 Å². The second kappa shape index (κ2) is 7.59. The van der Waals surface area contributed by atoms with Crippen molar-refractivity contribution in [3.63, 3.8) is 0 Å². The standard InChI is InChI=1S/C27H21F2N7/c1-26(2)17-6-8-27(26,21-7-9-32-25(34-21)15-10-14(12-30)24(31)33-13-15)23-16(17)11-20(35-36-23)22-18(28)4-3-5-19(22)29/h3-5,7,9-11,13,17H,6,8H2,1-2H3,(H2,31,33). The van der Waals surface area contributed by atoms with E-state index >= 15 is 0 Å². The molecule has 9 heteroatoms. The van der Waals surface area contributed by atoms with Gasteiger partial charge in [0.05, 0.1) is 33.6 Å². The van der Waals surface area contributed by atoms with E-state index in [-0.39, 0.29) is 34.0 Å². The molecule has 1 fully saturated rings. The molecule has 1 saturated carbocycles. The fraction of sp³-hybridized carbons (Fsp3) is 0.259. The number of hydrogen-bond donors (Lipinski definition) is 1. The summed E-state index contributed by atoms with van der Waals surface area (Å²) in [7, 11) is 0.